The maximum atomic E-state index is 11.2. The minimum atomic E-state index is -0.910. The highest BCUT2D eigenvalue weighted by molar-refractivity contribution is 9.10. The Morgan fingerprint density at radius 1 is 1.62 bits per heavy atom. The summed E-state index contributed by atoms with van der Waals surface area (Å²) >= 11 is 9.10. The molecule has 0 saturated carbocycles. The van der Waals surface area contributed by atoms with Crippen LogP contribution in [-0.4, -0.2) is 17.7 Å². The maximum Gasteiger partial charge on any atom is 0.308 e. The molecule has 16 heavy (non-hydrogen) atoms. The Labute approximate surface area is 107 Å². The van der Waals surface area contributed by atoms with Crippen molar-refractivity contribution in [1.29, 1.82) is 0 Å². The summed E-state index contributed by atoms with van der Waals surface area (Å²) in [5, 5.41) is 10.3. The first-order valence-corrected chi connectivity index (χ1v) is 6.00. The van der Waals surface area contributed by atoms with E-state index in [4.69, 9.17) is 16.3 Å². The third-order valence-electron chi connectivity index (χ3n) is 1.98. The van der Waals surface area contributed by atoms with E-state index in [2.05, 4.69) is 15.9 Å². The second-order valence-corrected chi connectivity index (χ2v) is 4.48. The minimum absolute atomic E-state index is 0.0766. The number of aliphatic hydroxyl groups is 1. The molecular formula is C11H12BrClO3. The Kier molecular flexibility index (Phi) is 5.25. The molecule has 0 heterocycles. The van der Waals surface area contributed by atoms with Crippen molar-refractivity contribution in [2.45, 2.75) is 19.4 Å². The predicted molar refractivity (Wildman–Crippen MR) is 65.4 cm³/mol. The highest BCUT2D eigenvalue weighted by Gasteiger charge is 2.16. The lowest BCUT2D eigenvalue weighted by Gasteiger charge is -2.12. The molecule has 3 nitrogen and oxygen atoms in total. The Hall–Kier alpha value is -0.580. The number of benzene rings is 1. The number of hydrogen-bond acceptors (Lipinski definition) is 3. The van der Waals surface area contributed by atoms with Crippen molar-refractivity contribution >= 4 is 33.5 Å². The second kappa shape index (κ2) is 6.23. The van der Waals surface area contributed by atoms with Crippen LogP contribution in [0.25, 0.3) is 0 Å². The SMILES string of the molecule is CCOC(=O)CC(O)c1cc(Cl)ccc1Br. The number of halogens is 2. The standard InChI is InChI=1S/C11H12BrClO3/c1-2-16-11(15)6-10(14)8-5-7(13)3-4-9(8)12/h3-5,10,14H,2,6H2,1H3. The van der Waals surface area contributed by atoms with Crippen LogP contribution in [0.4, 0.5) is 0 Å². The van der Waals surface area contributed by atoms with Gasteiger partial charge in [0.2, 0.25) is 0 Å². The molecule has 0 spiro atoms. The van der Waals surface area contributed by atoms with Gasteiger partial charge >= 0.3 is 5.97 Å². The summed E-state index contributed by atoms with van der Waals surface area (Å²) < 4.78 is 5.47. The lowest BCUT2D eigenvalue weighted by Crippen LogP contribution is -2.10. The molecule has 0 saturated heterocycles. The number of ether oxygens (including phenoxy) is 1. The fourth-order valence-corrected chi connectivity index (χ4v) is 1.95. The highest BCUT2D eigenvalue weighted by atomic mass is 79.9. The van der Waals surface area contributed by atoms with E-state index in [1.54, 1.807) is 25.1 Å². The van der Waals surface area contributed by atoms with Crippen LogP contribution in [-0.2, 0) is 9.53 Å². The van der Waals surface area contributed by atoms with Gasteiger partial charge in [0, 0.05) is 9.50 Å². The lowest BCUT2D eigenvalue weighted by molar-refractivity contribution is -0.145. The predicted octanol–water partition coefficient (Wildman–Crippen LogP) is 3.09. The molecule has 1 aromatic rings. The van der Waals surface area contributed by atoms with E-state index in [0.29, 0.717) is 21.7 Å². The summed E-state index contributed by atoms with van der Waals surface area (Å²) in [4.78, 5) is 11.2. The Balaban J connectivity index is 2.76. The van der Waals surface area contributed by atoms with E-state index in [1.807, 2.05) is 0 Å². The molecule has 0 aliphatic rings. The normalized spacial score (nSPS) is 12.2. The molecular weight excluding hydrogens is 295 g/mol. The average molecular weight is 308 g/mol. The zero-order chi connectivity index (χ0) is 12.1. The largest absolute Gasteiger partial charge is 0.466 e. The first-order chi connectivity index (χ1) is 7.54. The van der Waals surface area contributed by atoms with Gasteiger partial charge in [0.1, 0.15) is 0 Å². The number of esters is 1. The molecule has 1 aromatic carbocycles. The van der Waals surface area contributed by atoms with Crippen molar-refractivity contribution < 1.29 is 14.6 Å². The van der Waals surface area contributed by atoms with Crippen molar-refractivity contribution in [2.75, 3.05) is 6.61 Å². The van der Waals surface area contributed by atoms with Gasteiger partial charge in [0.25, 0.3) is 0 Å². The molecule has 0 amide bonds. The van der Waals surface area contributed by atoms with Crippen LogP contribution in [0.15, 0.2) is 22.7 Å². The molecule has 0 bridgehead atoms. The highest BCUT2D eigenvalue weighted by Crippen LogP contribution is 2.28. The zero-order valence-corrected chi connectivity index (χ0v) is 11.1. The average Bonchev–Trinajstić information content (AvgIpc) is 2.21. The van der Waals surface area contributed by atoms with Gasteiger partial charge in [-0.2, -0.15) is 0 Å². The van der Waals surface area contributed by atoms with Gasteiger partial charge in [-0.1, -0.05) is 27.5 Å². The number of hydrogen-bond donors (Lipinski definition) is 1. The molecule has 1 atom stereocenters. The van der Waals surface area contributed by atoms with Crippen LogP contribution >= 0.6 is 27.5 Å². The first kappa shape index (κ1) is 13.5. The Morgan fingerprint density at radius 2 is 2.31 bits per heavy atom. The molecule has 5 heteroatoms. The van der Waals surface area contributed by atoms with Crippen LogP contribution in [0.1, 0.15) is 25.0 Å². The topological polar surface area (TPSA) is 46.5 Å². The fourth-order valence-electron chi connectivity index (χ4n) is 1.26. The smallest absolute Gasteiger partial charge is 0.308 e. The van der Waals surface area contributed by atoms with E-state index in [-0.39, 0.29) is 6.42 Å². The van der Waals surface area contributed by atoms with Crippen molar-refractivity contribution in [1.82, 2.24) is 0 Å². The second-order valence-electron chi connectivity index (χ2n) is 3.19. The Bertz CT molecular complexity index is 381. The van der Waals surface area contributed by atoms with Gasteiger partial charge in [0.15, 0.2) is 0 Å². The molecule has 1 unspecified atom stereocenters. The summed E-state index contributed by atoms with van der Waals surface area (Å²) in [5.41, 5.74) is 0.584. The lowest BCUT2D eigenvalue weighted by atomic mass is 10.1. The van der Waals surface area contributed by atoms with Crippen molar-refractivity contribution in [3.63, 3.8) is 0 Å². The third-order valence-corrected chi connectivity index (χ3v) is 2.94. The summed E-state index contributed by atoms with van der Waals surface area (Å²) in [6.07, 6.45) is -0.987. The third kappa shape index (κ3) is 3.77. The quantitative estimate of drug-likeness (QED) is 0.870. The van der Waals surface area contributed by atoms with E-state index < -0.39 is 12.1 Å². The van der Waals surface area contributed by atoms with Crippen LogP contribution in [0.3, 0.4) is 0 Å². The summed E-state index contributed by atoms with van der Waals surface area (Å²) in [6, 6.07) is 5.05. The zero-order valence-electron chi connectivity index (χ0n) is 8.74. The molecule has 88 valence electrons. The summed E-state index contributed by atoms with van der Waals surface area (Å²) in [6.45, 7) is 2.03. The van der Waals surface area contributed by atoms with Crippen molar-refractivity contribution in [2.24, 2.45) is 0 Å². The van der Waals surface area contributed by atoms with Gasteiger partial charge in [0.05, 0.1) is 19.1 Å². The molecule has 1 rings (SSSR count). The van der Waals surface area contributed by atoms with Crippen LogP contribution in [0.2, 0.25) is 5.02 Å². The van der Waals surface area contributed by atoms with Crippen molar-refractivity contribution in [3.05, 3.63) is 33.3 Å². The van der Waals surface area contributed by atoms with Gasteiger partial charge < -0.3 is 9.84 Å². The molecule has 0 fully saturated rings. The summed E-state index contributed by atoms with van der Waals surface area (Å²) in [7, 11) is 0. The Morgan fingerprint density at radius 3 is 2.94 bits per heavy atom. The van der Waals surface area contributed by atoms with E-state index in [1.165, 1.54) is 0 Å². The maximum absolute atomic E-state index is 11.2. The first-order valence-electron chi connectivity index (χ1n) is 4.83. The van der Waals surface area contributed by atoms with Gasteiger partial charge in [-0.15, -0.1) is 0 Å². The number of aliphatic hydroxyl groups excluding tert-OH is 1. The number of carbonyl (C=O) groups excluding carboxylic acids is 1. The molecule has 0 radical (unpaired) electrons. The van der Waals surface area contributed by atoms with E-state index in [0.717, 1.165) is 0 Å². The molecule has 0 aliphatic carbocycles. The number of rotatable bonds is 4. The molecule has 0 aromatic heterocycles. The van der Waals surface area contributed by atoms with Crippen LogP contribution in [0.5, 0.6) is 0 Å². The molecule has 0 aliphatic heterocycles. The van der Waals surface area contributed by atoms with Gasteiger partial charge in [-0.05, 0) is 30.7 Å². The minimum Gasteiger partial charge on any atom is -0.466 e. The van der Waals surface area contributed by atoms with Crippen LogP contribution < -0.4 is 0 Å². The van der Waals surface area contributed by atoms with E-state index >= 15 is 0 Å². The van der Waals surface area contributed by atoms with Gasteiger partial charge in [-0.25, -0.2) is 0 Å². The number of carbonyl (C=O) groups is 1. The van der Waals surface area contributed by atoms with Crippen LogP contribution in [0, 0.1) is 0 Å². The summed E-state index contributed by atoms with van der Waals surface area (Å²) in [5.74, 6) is -0.429. The van der Waals surface area contributed by atoms with Crippen molar-refractivity contribution in [3.8, 4) is 0 Å². The monoisotopic (exact) mass is 306 g/mol. The fraction of sp³-hybridized carbons (Fsp3) is 0.364. The van der Waals surface area contributed by atoms with E-state index in [9.17, 15) is 9.90 Å². The van der Waals surface area contributed by atoms with Gasteiger partial charge in [-0.3, -0.25) is 4.79 Å². The molecule has 1 N–H and O–H groups in total.